The molecule has 2 aromatic carbocycles. The molecule has 1 heterocycles. The highest BCUT2D eigenvalue weighted by Crippen LogP contribution is 2.43. The molecule has 1 aromatic heterocycles. The largest absolute Gasteiger partial charge is 0.505 e. The van der Waals surface area contributed by atoms with E-state index in [9.17, 15) is 9.90 Å². The first kappa shape index (κ1) is 16.4. The van der Waals surface area contributed by atoms with E-state index in [1.54, 1.807) is 26.1 Å². The Labute approximate surface area is 142 Å². The second-order valence-corrected chi connectivity index (χ2v) is 5.28. The Balaban J connectivity index is 2.21. The first-order valence-corrected chi connectivity index (χ1v) is 7.45. The maximum absolute atomic E-state index is 11.4. The van der Waals surface area contributed by atoms with Gasteiger partial charge in [0.05, 0.1) is 11.4 Å². The number of hydrogen-bond acceptors (Lipinski definition) is 8. The van der Waals surface area contributed by atoms with Gasteiger partial charge in [0.2, 0.25) is 5.91 Å². The van der Waals surface area contributed by atoms with Crippen LogP contribution in [0.1, 0.15) is 12.7 Å². The predicted octanol–water partition coefficient (Wildman–Crippen LogP) is 3.65. The summed E-state index contributed by atoms with van der Waals surface area (Å²) in [5.41, 5.74) is 1.42. The number of aromatic nitrogens is 2. The van der Waals surface area contributed by atoms with Crippen LogP contribution in [0.15, 0.2) is 39.0 Å². The topological polar surface area (TPSA) is 125 Å². The quantitative estimate of drug-likeness (QED) is 0.492. The highest BCUT2D eigenvalue weighted by atomic mass is 16.5. The number of anilines is 2. The van der Waals surface area contributed by atoms with Gasteiger partial charge >= 0.3 is 6.01 Å². The first-order chi connectivity index (χ1) is 12.0. The summed E-state index contributed by atoms with van der Waals surface area (Å²) in [6.45, 7) is 3.03. The summed E-state index contributed by atoms with van der Waals surface area (Å²) in [4.78, 5) is 15.4. The molecule has 128 valence electrons. The molecule has 0 radical (unpaired) electrons. The van der Waals surface area contributed by atoms with Crippen LogP contribution >= 0.6 is 0 Å². The van der Waals surface area contributed by atoms with E-state index in [0.717, 1.165) is 5.69 Å². The van der Waals surface area contributed by atoms with Gasteiger partial charge in [-0.25, -0.2) is 0 Å². The number of phenols is 1. The lowest BCUT2D eigenvalue weighted by atomic mass is 10.0. The Kier molecular flexibility index (Phi) is 4.29. The normalized spacial score (nSPS) is 11.2. The summed E-state index contributed by atoms with van der Waals surface area (Å²) in [6, 6.07) is 6.91. The maximum Gasteiger partial charge on any atom is 0.366 e. The summed E-state index contributed by atoms with van der Waals surface area (Å²) in [5.74, 6) is 0.0871. The number of rotatable bonds is 4. The maximum atomic E-state index is 11.4. The molecule has 0 aliphatic rings. The van der Waals surface area contributed by atoms with Gasteiger partial charge < -0.3 is 20.3 Å². The van der Waals surface area contributed by atoms with Gasteiger partial charge in [0.1, 0.15) is 5.75 Å². The smallest absolute Gasteiger partial charge is 0.366 e. The Morgan fingerprint density at radius 3 is 2.72 bits per heavy atom. The van der Waals surface area contributed by atoms with E-state index in [2.05, 4.69) is 31.0 Å². The molecule has 0 fully saturated rings. The summed E-state index contributed by atoms with van der Waals surface area (Å²) >= 11 is 0. The fourth-order valence-corrected chi connectivity index (χ4v) is 2.44. The zero-order valence-electron chi connectivity index (χ0n) is 13.9. The molecule has 3 N–H and O–H groups in total. The van der Waals surface area contributed by atoms with E-state index in [1.807, 2.05) is 6.07 Å². The van der Waals surface area contributed by atoms with Gasteiger partial charge in [-0.3, -0.25) is 4.79 Å². The molecule has 9 heteroatoms. The molecule has 0 atom stereocenters. The van der Waals surface area contributed by atoms with Crippen LogP contribution in [-0.2, 0) is 4.79 Å². The number of phenolic OH excluding ortho intramolecular Hbond substituents is 1. The van der Waals surface area contributed by atoms with Crippen molar-refractivity contribution in [3.05, 3.63) is 30.1 Å². The summed E-state index contributed by atoms with van der Waals surface area (Å²) in [6.07, 6.45) is 0. The van der Waals surface area contributed by atoms with E-state index in [4.69, 9.17) is 4.52 Å². The van der Waals surface area contributed by atoms with Crippen molar-refractivity contribution >= 4 is 39.8 Å². The van der Waals surface area contributed by atoms with Crippen LogP contribution in [0, 0.1) is 6.92 Å². The SMILES string of the molecule is CNc1cccc2c(O)c(NC(C)=O)cc(N=Nc3nc(C)no3)c12. The minimum Gasteiger partial charge on any atom is -0.505 e. The number of fused-ring (bicyclic) bond motifs is 1. The fraction of sp³-hybridized carbons (Fsp3) is 0.188. The van der Waals surface area contributed by atoms with Crippen LogP contribution in [0.25, 0.3) is 10.8 Å². The van der Waals surface area contributed by atoms with Crippen molar-refractivity contribution in [1.29, 1.82) is 0 Å². The van der Waals surface area contributed by atoms with Crippen LogP contribution in [0.3, 0.4) is 0 Å². The van der Waals surface area contributed by atoms with Crippen molar-refractivity contribution < 1.29 is 14.4 Å². The summed E-state index contributed by atoms with van der Waals surface area (Å²) < 4.78 is 4.92. The van der Waals surface area contributed by atoms with Crippen molar-refractivity contribution in [3.63, 3.8) is 0 Å². The van der Waals surface area contributed by atoms with E-state index in [-0.39, 0.29) is 23.4 Å². The number of carbonyl (C=O) groups excluding carboxylic acids is 1. The number of aryl methyl sites for hydroxylation is 1. The molecule has 0 saturated carbocycles. The predicted molar refractivity (Wildman–Crippen MR) is 92.7 cm³/mol. The summed E-state index contributed by atoms with van der Waals surface area (Å²) in [7, 11) is 1.76. The van der Waals surface area contributed by atoms with Gasteiger partial charge in [-0.1, -0.05) is 22.4 Å². The van der Waals surface area contributed by atoms with Crippen molar-refractivity contribution in [1.82, 2.24) is 10.1 Å². The molecule has 1 amide bonds. The minimum absolute atomic E-state index is 0.0155. The molecule has 0 spiro atoms. The first-order valence-electron chi connectivity index (χ1n) is 7.45. The average Bonchev–Trinajstić information content (AvgIpc) is 3.00. The molecular formula is C16H16N6O3. The van der Waals surface area contributed by atoms with Crippen LogP contribution in [0.5, 0.6) is 5.75 Å². The zero-order chi connectivity index (χ0) is 18.0. The van der Waals surface area contributed by atoms with Crippen LogP contribution in [-0.4, -0.2) is 28.2 Å². The molecule has 9 nitrogen and oxygen atoms in total. The molecular weight excluding hydrogens is 324 g/mol. The van der Waals surface area contributed by atoms with E-state index in [0.29, 0.717) is 22.3 Å². The van der Waals surface area contributed by atoms with Gasteiger partial charge in [0, 0.05) is 30.4 Å². The third kappa shape index (κ3) is 3.25. The van der Waals surface area contributed by atoms with E-state index < -0.39 is 0 Å². The highest BCUT2D eigenvalue weighted by Gasteiger charge is 2.15. The van der Waals surface area contributed by atoms with E-state index >= 15 is 0 Å². The number of nitrogens with one attached hydrogen (secondary N) is 2. The van der Waals surface area contributed by atoms with Gasteiger partial charge in [-0.2, -0.15) is 4.98 Å². The number of azo groups is 1. The van der Waals surface area contributed by atoms with Crippen molar-refractivity contribution in [2.75, 3.05) is 17.7 Å². The Hall–Kier alpha value is -3.49. The molecule has 0 aliphatic heterocycles. The molecule has 0 saturated heterocycles. The molecule has 0 unspecified atom stereocenters. The lowest BCUT2D eigenvalue weighted by Crippen LogP contribution is -2.06. The third-order valence-corrected chi connectivity index (χ3v) is 3.45. The third-order valence-electron chi connectivity index (χ3n) is 3.45. The highest BCUT2D eigenvalue weighted by molar-refractivity contribution is 6.09. The zero-order valence-corrected chi connectivity index (χ0v) is 13.9. The Bertz CT molecular complexity index is 979. The number of benzene rings is 2. The molecule has 0 aliphatic carbocycles. The van der Waals surface area contributed by atoms with Crippen molar-refractivity contribution in [2.24, 2.45) is 10.2 Å². The Morgan fingerprint density at radius 1 is 1.28 bits per heavy atom. The molecule has 3 rings (SSSR count). The van der Waals surface area contributed by atoms with E-state index in [1.165, 1.54) is 13.0 Å². The van der Waals surface area contributed by atoms with Gasteiger partial charge in [-0.05, 0) is 19.1 Å². The lowest BCUT2D eigenvalue weighted by molar-refractivity contribution is -0.114. The number of hydrogen-bond donors (Lipinski definition) is 3. The monoisotopic (exact) mass is 340 g/mol. The van der Waals surface area contributed by atoms with Gasteiger partial charge in [-0.15, -0.1) is 5.11 Å². The van der Waals surface area contributed by atoms with Crippen LogP contribution in [0.4, 0.5) is 23.1 Å². The molecule has 3 aromatic rings. The van der Waals surface area contributed by atoms with Crippen molar-refractivity contribution in [2.45, 2.75) is 13.8 Å². The van der Waals surface area contributed by atoms with Gasteiger partial charge in [0.25, 0.3) is 0 Å². The van der Waals surface area contributed by atoms with Crippen molar-refractivity contribution in [3.8, 4) is 5.75 Å². The number of aromatic hydroxyl groups is 1. The molecule has 0 bridgehead atoms. The van der Waals surface area contributed by atoms with Crippen LogP contribution < -0.4 is 10.6 Å². The average molecular weight is 340 g/mol. The van der Waals surface area contributed by atoms with Gasteiger partial charge in [0.15, 0.2) is 5.82 Å². The number of amides is 1. The standard InChI is InChI=1S/C16H16N6O3/c1-8-18-16(25-22-8)21-20-12-7-13(19-9(2)23)15(24)10-5-4-6-11(17-3)14(10)12/h4-7,17,24H,1-3H3,(H,19,23). The Morgan fingerprint density at radius 2 is 2.08 bits per heavy atom. The fourth-order valence-electron chi connectivity index (χ4n) is 2.44. The minimum atomic E-state index is -0.310. The number of nitrogens with zero attached hydrogens (tertiary/aromatic N) is 4. The molecule has 25 heavy (non-hydrogen) atoms. The lowest BCUT2D eigenvalue weighted by Gasteiger charge is -2.13. The second-order valence-electron chi connectivity index (χ2n) is 5.28. The number of carbonyl (C=O) groups is 1. The second kappa shape index (κ2) is 6.56. The van der Waals surface area contributed by atoms with Crippen LogP contribution in [0.2, 0.25) is 0 Å². The summed E-state index contributed by atoms with van der Waals surface area (Å²) in [5, 5.41) is 29.0.